The summed E-state index contributed by atoms with van der Waals surface area (Å²) in [6, 6.07) is 0.665. The zero-order valence-electron chi connectivity index (χ0n) is 12.3. The molecule has 106 valence electrons. The van der Waals surface area contributed by atoms with Gasteiger partial charge in [0, 0.05) is 31.3 Å². The van der Waals surface area contributed by atoms with E-state index in [1.165, 1.54) is 32.1 Å². The normalized spacial score (nSPS) is 39.2. The van der Waals surface area contributed by atoms with Gasteiger partial charge in [0.25, 0.3) is 0 Å². The smallest absolute Gasteiger partial charge is 0.0480 e. The van der Waals surface area contributed by atoms with Crippen molar-refractivity contribution < 1.29 is 4.74 Å². The Labute approximate surface area is 112 Å². The highest BCUT2D eigenvalue weighted by Gasteiger charge is 2.44. The van der Waals surface area contributed by atoms with E-state index in [1.54, 1.807) is 0 Å². The van der Waals surface area contributed by atoms with Crippen LogP contribution in [0.4, 0.5) is 0 Å². The fourth-order valence-electron chi connectivity index (χ4n) is 4.09. The number of nitrogens with zero attached hydrogens (tertiary/aromatic N) is 1. The monoisotopic (exact) mass is 254 g/mol. The lowest BCUT2D eigenvalue weighted by atomic mass is 9.68. The second-order valence-corrected chi connectivity index (χ2v) is 6.54. The molecule has 2 rings (SSSR count). The Morgan fingerprint density at radius 1 is 1.22 bits per heavy atom. The molecule has 0 aromatic rings. The molecule has 1 saturated heterocycles. The summed E-state index contributed by atoms with van der Waals surface area (Å²) in [6.07, 6.45) is 6.25. The van der Waals surface area contributed by atoms with E-state index in [4.69, 9.17) is 10.5 Å². The number of hydrogen-bond acceptors (Lipinski definition) is 3. The summed E-state index contributed by atoms with van der Waals surface area (Å²) in [5.74, 6) is 1.57. The van der Waals surface area contributed by atoms with Gasteiger partial charge in [0.1, 0.15) is 0 Å². The predicted molar refractivity (Wildman–Crippen MR) is 75.6 cm³/mol. The molecule has 0 amide bonds. The SMILES string of the molecule is CC1CCC(CN)(N(C)C2CCOCC2)C(C)C1. The van der Waals surface area contributed by atoms with Gasteiger partial charge in [-0.05, 0) is 51.0 Å². The maximum atomic E-state index is 6.21. The van der Waals surface area contributed by atoms with Crippen molar-refractivity contribution in [2.75, 3.05) is 26.8 Å². The first kappa shape index (κ1) is 14.3. The van der Waals surface area contributed by atoms with E-state index in [0.717, 1.165) is 25.7 Å². The molecule has 0 bridgehead atoms. The van der Waals surface area contributed by atoms with E-state index in [9.17, 15) is 0 Å². The zero-order valence-corrected chi connectivity index (χ0v) is 12.3. The van der Waals surface area contributed by atoms with Gasteiger partial charge in [0.05, 0.1) is 0 Å². The summed E-state index contributed by atoms with van der Waals surface area (Å²) >= 11 is 0. The third-order valence-electron chi connectivity index (χ3n) is 5.54. The standard InChI is InChI=1S/C15H30N2O/c1-12-4-7-15(11-16,13(2)10-12)17(3)14-5-8-18-9-6-14/h12-14H,4-11,16H2,1-3H3. The van der Waals surface area contributed by atoms with Crippen LogP contribution in [-0.4, -0.2) is 43.3 Å². The molecule has 0 radical (unpaired) electrons. The topological polar surface area (TPSA) is 38.5 Å². The van der Waals surface area contributed by atoms with Crippen LogP contribution in [0.25, 0.3) is 0 Å². The van der Waals surface area contributed by atoms with Gasteiger partial charge in [-0.15, -0.1) is 0 Å². The predicted octanol–water partition coefficient (Wildman–Crippen LogP) is 2.25. The maximum absolute atomic E-state index is 6.21. The fraction of sp³-hybridized carbons (Fsp3) is 1.00. The minimum Gasteiger partial charge on any atom is -0.381 e. The number of ether oxygens (including phenoxy) is 1. The van der Waals surface area contributed by atoms with Crippen LogP contribution in [0.5, 0.6) is 0 Å². The fourth-order valence-corrected chi connectivity index (χ4v) is 4.09. The molecule has 18 heavy (non-hydrogen) atoms. The van der Waals surface area contributed by atoms with Gasteiger partial charge in [-0.3, -0.25) is 4.90 Å². The molecule has 1 aliphatic heterocycles. The van der Waals surface area contributed by atoms with Crippen molar-refractivity contribution in [1.29, 1.82) is 0 Å². The van der Waals surface area contributed by atoms with Crippen LogP contribution < -0.4 is 5.73 Å². The third kappa shape index (κ3) is 2.59. The molecule has 2 aliphatic rings. The molecule has 2 N–H and O–H groups in total. The number of likely N-dealkylation sites (N-methyl/N-ethyl adjacent to an activating group) is 1. The largest absolute Gasteiger partial charge is 0.381 e. The first-order valence-electron chi connectivity index (χ1n) is 7.61. The molecule has 3 unspecified atom stereocenters. The van der Waals surface area contributed by atoms with Crippen molar-refractivity contribution in [2.24, 2.45) is 17.6 Å². The Hall–Kier alpha value is -0.120. The molecular formula is C15H30N2O. The minimum atomic E-state index is 0.231. The summed E-state index contributed by atoms with van der Waals surface area (Å²) in [5, 5.41) is 0. The minimum absolute atomic E-state index is 0.231. The Kier molecular flexibility index (Phi) is 4.68. The van der Waals surface area contributed by atoms with Gasteiger partial charge in [-0.2, -0.15) is 0 Å². The lowest BCUT2D eigenvalue weighted by Crippen LogP contribution is -2.62. The summed E-state index contributed by atoms with van der Waals surface area (Å²) in [4.78, 5) is 2.62. The van der Waals surface area contributed by atoms with E-state index in [-0.39, 0.29) is 5.54 Å². The summed E-state index contributed by atoms with van der Waals surface area (Å²) < 4.78 is 5.49. The molecule has 1 saturated carbocycles. The molecular weight excluding hydrogens is 224 g/mol. The van der Waals surface area contributed by atoms with Crippen molar-refractivity contribution in [3.8, 4) is 0 Å². The zero-order chi connectivity index (χ0) is 13.2. The number of hydrogen-bond donors (Lipinski definition) is 1. The van der Waals surface area contributed by atoms with Gasteiger partial charge in [0.15, 0.2) is 0 Å². The quantitative estimate of drug-likeness (QED) is 0.839. The Morgan fingerprint density at radius 3 is 2.44 bits per heavy atom. The van der Waals surface area contributed by atoms with Gasteiger partial charge >= 0.3 is 0 Å². The van der Waals surface area contributed by atoms with E-state index in [2.05, 4.69) is 25.8 Å². The highest BCUT2D eigenvalue weighted by Crippen LogP contribution is 2.41. The Balaban J connectivity index is 2.10. The average molecular weight is 254 g/mol. The molecule has 0 aromatic carbocycles. The van der Waals surface area contributed by atoms with Crippen LogP contribution in [0.3, 0.4) is 0 Å². The first-order valence-corrected chi connectivity index (χ1v) is 7.61. The molecule has 3 atom stereocenters. The highest BCUT2D eigenvalue weighted by molar-refractivity contribution is 5.00. The molecule has 0 spiro atoms. The van der Waals surface area contributed by atoms with Gasteiger partial charge in [-0.25, -0.2) is 0 Å². The van der Waals surface area contributed by atoms with Crippen LogP contribution >= 0.6 is 0 Å². The van der Waals surface area contributed by atoms with Crippen molar-refractivity contribution in [1.82, 2.24) is 4.90 Å². The lowest BCUT2D eigenvalue weighted by molar-refractivity contribution is -0.0454. The summed E-state index contributed by atoms with van der Waals surface area (Å²) in [7, 11) is 2.30. The van der Waals surface area contributed by atoms with Crippen molar-refractivity contribution >= 4 is 0 Å². The molecule has 3 heteroatoms. The molecule has 0 aromatic heterocycles. The maximum Gasteiger partial charge on any atom is 0.0480 e. The van der Waals surface area contributed by atoms with Crippen LogP contribution in [0, 0.1) is 11.8 Å². The summed E-state index contributed by atoms with van der Waals surface area (Å²) in [6.45, 7) is 7.42. The second kappa shape index (κ2) is 5.89. The van der Waals surface area contributed by atoms with Crippen molar-refractivity contribution in [2.45, 2.75) is 57.5 Å². The third-order valence-corrected chi connectivity index (χ3v) is 5.54. The molecule has 1 aliphatic carbocycles. The van der Waals surface area contributed by atoms with Crippen LogP contribution in [-0.2, 0) is 4.74 Å². The van der Waals surface area contributed by atoms with Crippen LogP contribution in [0.2, 0.25) is 0 Å². The molecule has 2 fully saturated rings. The second-order valence-electron chi connectivity index (χ2n) is 6.54. The van der Waals surface area contributed by atoms with Crippen LogP contribution in [0.15, 0.2) is 0 Å². The van der Waals surface area contributed by atoms with Gasteiger partial charge in [0.2, 0.25) is 0 Å². The first-order chi connectivity index (χ1) is 8.60. The van der Waals surface area contributed by atoms with E-state index in [0.29, 0.717) is 12.0 Å². The number of nitrogens with two attached hydrogens (primary N) is 1. The van der Waals surface area contributed by atoms with E-state index < -0.39 is 0 Å². The van der Waals surface area contributed by atoms with Crippen molar-refractivity contribution in [3.63, 3.8) is 0 Å². The van der Waals surface area contributed by atoms with Gasteiger partial charge in [-0.1, -0.05) is 13.8 Å². The molecule has 3 nitrogen and oxygen atoms in total. The lowest BCUT2D eigenvalue weighted by Gasteiger charge is -2.53. The number of rotatable bonds is 3. The van der Waals surface area contributed by atoms with E-state index in [1.807, 2.05) is 0 Å². The Bertz CT molecular complexity index is 265. The highest BCUT2D eigenvalue weighted by atomic mass is 16.5. The van der Waals surface area contributed by atoms with Gasteiger partial charge < -0.3 is 10.5 Å². The Morgan fingerprint density at radius 2 is 1.89 bits per heavy atom. The summed E-state index contributed by atoms with van der Waals surface area (Å²) in [5.41, 5.74) is 6.44. The van der Waals surface area contributed by atoms with E-state index >= 15 is 0 Å². The average Bonchev–Trinajstić information content (AvgIpc) is 2.40. The van der Waals surface area contributed by atoms with Crippen LogP contribution in [0.1, 0.15) is 46.0 Å². The van der Waals surface area contributed by atoms with Crippen molar-refractivity contribution in [3.05, 3.63) is 0 Å². The molecule has 1 heterocycles.